The fourth-order valence-corrected chi connectivity index (χ4v) is 2.62. The monoisotopic (exact) mass is 311 g/mol. The third kappa shape index (κ3) is 3.60. The van der Waals surface area contributed by atoms with Crippen LogP contribution in [0.2, 0.25) is 0 Å². The van der Waals surface area contributed by atoms with Gasteiger partial charge in [-0.25, -0.2) is 13.2 Å². The standard InChI is InChI=1S/C16H16F3NS/c1-3-20-16(10-4-6-12(21-2)7-5-10)15-13(18)8-11(17)9-14(15)19/h4-9,16,20H,3H2,1-2H3. The van der Waals surface area contributed by atoms with Crippen LogP contribution in [-0.2, 0) is 0 Å². The van der Waals surface area contributed by atoms with Crippen LogP contribution < -0.4 is 5.32 Å². The molecule has 112 valence electrons. The Bertz CT molecular complexity index is 590. The first kappa shape index (κ1) is 15.9. The molecular weight excluding hydrogens is 295 g/mol. The topological polar surface area (TPSA) is 12.0 Å². The molecule has 0 fully saturated rings. The Labute approximate surface area is 126 Å². The molecule has 0 aliphatic rings. The van der Waals surface area contributed by atoms with Crippen molar-refractivity contribution in [3.8, 4) is 0 Å². The van der Waals surface area contributed by atoms with Crippen molar-refractivity contribution < 1.29 is 13.2 Å². The van der Waals surface area contributed by atoms with Crippen LogP contribution in [0.4, 0.5) is 13.2 Å². The van der Waals surface area contributed by atoms with E-state index in [4.69, 9.17) is 0 Å². The fraction of sp³-hybridized carbons (Fsp3) is 0.250. The molecule has 2 aromatic rings. The molecule has 21 heavy (non-hydrogen) atoms. The second kappa shape index (κ2) is 7.00. The zero-order valence-electron chi connectivity index (χ0n) is 11.8. The highest BCUT2D eigenvalue weighted by molar-refractivity contribution is 7.98. The second-order valence-corrected chi connectivity index (χ2v) is 5.43. The van der Waals surface area contributed by atoms with Gasteiger partial charge in [0.1, 0.15) is 17.5 Å². The second-order valence-electron chi connectivity index (χ2n) is 4.55. The number of hydrogen-bond acceptors (Lipinski definition) is 2. The number of thioether (sulfide) groups is 1. The van der Waals surface area contributed by atoms with Crippen LogP contribution in [-0.4, -0.2) is 12.8 Å². The summed E-state index contributed by atoms with van der Waals surface area (Å²) >= 11 is 1.59. The summed E-state index contributed by atoms with van der Waals surface area (Å²) in [6.45, 7) is 2.38. The molecule has 2 aromatic carbocycles. The Balaban J connectivity index is 2.47. The smallest absolute Gasteiger partial charge is 0.134 e. The SMILES string of the molecule is CCNC(c1ccc(SC)cc1)c1c(F)cc(F)cc1F. The van der Waals surface area contributed by atoms with Gasteiger partial charge >= 0.3 is 0 Å². The van der Waals surface area contributed by atoms with Crippen molar-refractivity contribution in [2.75, 3.05) is 12.8 Å². The van der Waals surface area contributed by atoms with Gasteiger partial charge in [0, 0.05) is 22.6 Å². The van der Waals surface area contributed by atoms with Gasteiger partial charge in [-0.15, -0.1) is 11.8 Å². The van der Waals surface area contributed by atoms with Crippen molar-refractivity contribution in [3.63, 3.8) is 0 Å². The van der Waals surface area contributed by atoms with Crippen molar-refractivity contribution in [1.82, 2.24) is 5.32 Å². The van der Waals surface area contributed by atoms with E-state index in [2.05, 4.69) is 5.32 Å². The van der Waals surface area contributed by atoms with Gasteiger partial charge in [-0.2, -0.15) is 0 Å². The lowest BCUT2D eigenvalue weighted by Gasteiger charge is -2.20. The van der Waals surface area contributed by atoms with Crippen LogP contribution in [0.15, 0.2) is 41.3 Å². The van der Waals surface area contributed by atoms with E-state index < -0.39 is 23.5 Å². The third-order valence-corrected chi connectivity index (χ3v) is 3.93. The van der Waals surface area contributed by atoms with E-state index in [-0.39, 0.29) is 5.56 Å². The first-order chi connectivity index (χ1) is 10.1. The van der Waals surface area contributed by atoms with Crippen molar-refractivity contribution in [1.29, 1.82) is 0 Å². The molecule has 0 aromatic heterocycles. The molecule has 0 radical (unpaired) electrons. The highest BCUT2D eigenvalue weighted by Crippen LogP contribution is 2.29. The van der Waals surface area contributed by atoms with Crippen LogP contribution in [0.3, 0.4) is 0 Å². The van der Waals surface area contributed by atoms with Crippen LogP contribution in [0.25, 0.3) is 0 Å². The molecule has 1 atom stereocenters. The molecule has 0 spiro atoms. The predicted octanol–water partition coefficient (Wildman–Crippen LogP) is 4.52. The van der Waals surface area contributed by atoms with Crippen molar-refractivity contribution >= 4 is 11.8 Å². The summed E-state index contributed by atoms with van der Waals surface area (Å²) < 4.78 is 41.0. The zero-order valence-corrected chi connectivity index (χ0v) is 12.6. The Morgan fingerprint density at radius 2 is 1.62 bits per heavy atom. The van der Waals surface area contributed by atoms with Crippen molar-refractivity contribution in [2.24, 2.45) is 0 Å². The Morgan fingerprint density at radius 1 is 1.05 bits per heavy atom. The van der Waals surface area contributed by atoms with Gasteiger partial charge < -0.3 is 5.32 Å². The van der Waals surface area contributed by atoms with Gasteiger partial charge in [0.15, 0.2) is 0 Å². The largest absolute Gasteiger partial charge is 0.306 e. The van der Waals surface area contributed by atoms with E-state index in [1.165, 1.54) is 0 Å². The average Bonchev–Trinajstić information content (AvgIpc) is 2.45. The first-order valence-electron chi connectivity index (χ1n) is 6.58. The zero-order chi connectivity index (χ0) is 15.4. The number of rotatable bonds is 5. The Kier molecular flexibility index (Phi) is 5.31. The number of benzene rings is 2. The molecule has 2 rings (SSSR count). The molecule has 5 heteroatoms. The molecule has 0 heterocycles. The van der Waals surface area contributed by atoms with Gasteiger partial charge in [-0.3, -0.25) is 0 Å². The maximum Gasteiger partial charge on any atom is 0.134 e. The quantitative estimate of drug-likeness (QED) is 0.815. The minimum Gasteiger partial charge on any atom is -0.306 e. The Morgan fingerprint density at radius 3 is 2.10 bits per heavy atom. The van der Waals surface area contributed by atoms with Crippen LogP contribution in [0.1, 0.15) is 24.1 Å². The number of halogens is 3. The summed E-state index contributed by atoms with van der Waals surface area (Å²) in [5.74, 6) is -2.68. The minimum atomic E-state index is -0.915. The first-order valence-corrected chi connectivity index (χ1v) is 7.81. The lowest BCUT2D eigenvalue weighted by Crippen LogP contribution is -2.24. The van der Waals surface area contributed by atoms with Crippen LogP contribution in [0, 0.1) is 17.5 Å². The highest BCUT2D eigenvalue weighted by atomic mass is 32.2. The number of nitrogens with one attached hydrogen (secondary N) is 1. The third-order valence-electron chi connectivity index (χ3n) is 3.19. The molecule has 0 aliphatic heterocycles. The normalized spacial score (nSPS) is 12.4. The molecule has 0 amide bonds. The van der Waals surface area contributed by atoms with E-state index in [1.807, 2.05) is 37.4 Å². The van der Waals surface area contributed by atoms with Gasteiger partial charge in [-0.05, 0) is 30.5 Å². The average molecular weight is 311 g/mol. The summed E-state index contributed by atoms with van der Waals surface area (Å²) in [5, 5.41) is 3.04. The highest BCUT2D eigenvalue weighted by Gasteiger charge is 2.22. The minimum absolute atomic E-state index is 0.157. The summed E-state index contributed by atoms with van der Waals surface area (Å²) in [6, 6.07) is 8.19. The summed E-state index contributed by atoms with van der Waals surface area (Å²) in [4.78, 5) is 1.06. The van der Waals surface area contributed by atoms with Crippen molar-refractivity contribution in [2.45, 2.75) is 17.9 Å². The lowest BCUT2D eigenvalue weighted by atomic mass is 9.97. The van der Waals surface area contributed by atoms with Gasteiger partial charge in [0.05, 0.1) is 6.04 Å². The molecule has 1 nitrogen and oxygen atoms in total. The van der Waals surface area contributed by atoms with Crippen LogP contribution >= 0.6 is 11.8 Å². The predicted molar refractivity (Wildman–Crippen MR) is 80.1 cm³/mol. The van der Waals surface area contributed by atoms with E-state index in [0.717, 1.165) is 10.5 Å². The van der Waals surface area contributed by atoms with Gasteiger partial charge in [-0.1, -0.05) is 19.1 Å². The summed E-state index contributed by atoms with van der Waals surface area (Å²) in [7, 11) is 0. The van der Waals surface area contributed by atoms with E-state index in [0.29, 0.717) is 18.7 Å². The fourth-order valence-electron chi connectivity index (χ4n) is 2.22. The van der Waals surface area contributed by atoms with E-state index >= 15 is 0 Å². The molecule has 0 saturated heterocycles. The molecule has 1 N–H and O–H groups in total. The van der Waals surface area contributed by atoms with Crippen molar-refractivity contribution in [3.05, 3.63) is 65.0 Å². The lowest BCUT2D eigenvalue weighted by molar-refractivity contribution is 0.492. The van der Waals surface area contributed by atoms with Gasteiger partial charge in [0.2, 0.25) is 0 Å². The molecular formula is C16H16F3NS. The van der Waals surface area contributed by atoms with E-state index in [1.54, 1.807) is 11.8 Å². The van der Waals surface area contributed by atoms with E-state index in [9.17, 15) is 13.2 Å². The van der Waals surface area contributed by atoms with Crippen LogP contribution in [0.5, 0.6) is 0 Å². The number of hydrogen-bond donors (Lipinski definition) is 1. The molecule has 0 bridgehead atoms. The summed E-state index contributed by atoms with van der Waals surface area (Å²) in [5.41, 5.74) is 0.578. The molecule has 0 aliphatic carbocycles. The maximum atomic E-state index is 14.0. The van der Waals surface area contributed by atoms with Gasteiger partial charge in [0.25, 0.3) is 0 Å². The Hall–Kier alpha value is -1.46. The summed E-state index contributed by atoms with van der Waals surface area (Å²) in [6.07, 6.45) is 1.95. The molecule has 1 unspecified atom stereocenters. The maximum absolute atomic E-state index is 14.0. The molecule has 0 saturated carbocycles.